The molecular weight excluding hydrogens is 284 g/mol. The molecule has 0 aromatic carbocycles. The zero-order valence-corrected chi connectivity index (χ0v) is 14.0. The fraction of sp³-hybridized carbons (Fsp3) is 0.882. The van der Waals surface area contributed by atoms with E-state index in [2.05, 4.69) is 41.9 Å². The van der Waals surface area contributed by atoms with Crippen LogP contribution in [0.5, 0.6) is 0 Å². The normalized spacial score (nSPS) is 19.3. The molecule has 0 aliphatic heterocycles. The highest BCUT2D eigenvalue weighted by atomic mass is 79.9. The van der Waals surface area contributed by atoms with Crippen molar-refractivity contribution in [3.63, 3.8) is 0 Å². The van der Waals surface area contributed by atoms with Gasteiger partial charge in [0.05, 0.1) is 0 Å². The molecule has 1 heteroatoms. The number of alkyl halides is 1. The SMILES string of the molecule is CCCCCCC1(C(Br)CCCCC)CC=CC1. The van der Waals surface area contributed by atoms with Crippen LogP contribution in [-0.4, -0.2) is 4.83 Å². The van der Waals surface area contributed by atoms with Gasteiger partial charge in [0.25, 0.3) is 0 Å². The molecule has 0 aromatic rings. The Morgan fingerprint density at radius 3 is 2.17 bits per heavy atom. The maximum absolute atomic E-state index is 4.02. The highest BCUT2D eigenvalue weighted by molar-refractivity contribution is 9.09. The largest absolute Gasteiger partial charge is 0.0884 e. The highest BCUT2D eigenvalue weighted by Gasteiger charge is 2.36. The van der Waals surface area contributed by atoms with E-state index in [9.17, 15) is 0 Å². The van der Waals surface area contributed by atoms with Crippen molar-refractivity contribution in [2.75, 3.05) is 0 Å². The van der Waals surface area contributed by atoms with Crippen LogP contribution in [0.15, 0.2) is 12.2 Å². The number of hydrogen-bond acceptors (Lipinski definition) is 0. The second-order valence-electron chi connectivity index (χ2n) is 6.02. The third-order valence-corrected chi connectivity index (χ3v) is 5.90. The van der Waals surface area contributed by atoms with Gasteiger partial charge in [0, 0.05) is 4.83 Å². The lowest BCUT2D eigenvalue weighted by molar-refractivity contribution is 0.255. The second-order valence-corrected chi connectivity index (χ2v) is 7.12. The Hall–Kier alpha value is 0.220. The lowest BCUT2D eigenvalue weighted by Crippen LogP contribution is -2.28. The molecule has 0 spiro atoms. The predicted octanol–water partition coefficient (Wildman–Crippen LogP) is 6.64. The molecule has 1 rings (SSSR count). The van der Waals surface area contributed by atoms with Crippen LogP contribution in [0.3, 0.4) is 0 Å². The summed E-state index contributed by atoms with van der Waals surface area (Å²) in [5.74, 6) is 0. The van der Waals surface area contributed by atoms with Gasteiger partial charge in [0.15, 0.2) is 0 Å². The summed E-state index contributed by atoms with van der Waals surface area (Å²) in [6.07, 6.45) is 19.9. The summed E-state index contributed by atoms with van der Waals surface area (Å²) < 4.78 is 0. The summed E-state index contributed by atoms with van der Waals surface area (Å²) in [4.78, 5) is 0.730. The van der Waals surface area contributed by atoms with Crippen LogP contribution < -0.4 is 0 Å². The summed E-state index contributed by atoms with van der Waals surface area (Å²) >= 11 is 4.02. The molecule has 0 nitrogen and oxygen atoms in total. The maximum Gasteiger partial charge on any atom is 0.0208 e. The second kappa shape index (κ2) is 9.18. The first kappa shape index (κ1) is 16.3. The lowest BCUT2D eigenvalue weighted by atomic mass is 9.76. The predicted molar refractivity (Wildman–Crippen MR) is 86.4 cm³/mol. The van der Waals surface area contributed by atoms with Crippen LogP contribution >= 0.6 is 15.9 Å². The van der Waals surface area contributed by atoms with Gasteiger partial charge in [-0.05, 0) is 31.1 Å². The van der Waals surface area contributed by atoms with E-state index >= 15 is 0 Å². The van der Waals surface area contributed by atoms with Crippen molar-refractivity contribution in [3.8, 4) is 0 Å². The van der Waals surface area contributed by atoms with Gasteiger partial charge < -0.3 is 0 Å². The fourth-order valence-electron chi connectivity index (χ4n) is 3.12. The van der Waals surface area contributed by atoms with Crippen molar-refractivity contribution in [2.45, 2.75) is 89.3 Å². The van der Waals surface area contributed by atoms with E-state index in [4.69, 9.17) is 0 Å². The zero-order valence-electron chi connectivity index (χ0n) is 12.4. The Morgan fingerprint density at radius 2 is 1.56 bits per heavy atom. The van der Waals surface area contributed by atoms with E-state index in [1.54, 1.807) is 0 Å². The molecule has 0 bridgehead atoms. The minimum absolute atomic E-state index is 0.557. The van der Waals surface area contributed by atoms with E-state index in [1.807, 2.05) is 0 Å². The molecule has 0 N–H and O–H groups in total. The number of hydrogen-bond donors (Lipinski definition) is 0. The minimum Gasteiger partial charge on any atom is -0.0884 e. The molecule has 1 atom stereocenters. The van der Waals surface area contributed by atoms with E-state index in [1.165, 1.54) is 70.6 Å². The Labute approximate surface area is 123 Å². The smallest absolute Gasteiger partial charge is 0.0208 e. The van der Waals surface area contributed by atoms with Crippen molar-refractivity contribution >= 4 is 15.9 Å². The monoisotopic (exact) mass is 314 g/mol. The van der Waals surface area contributed by atoms with Crippen LogP contribution in [0.1, 0.15) is 84.5 Å². The van der Waals surface area contributed by atoms with Crippen molar-refractivity contribution in [3.05, 3.63) is 12.2 Å². The average Bonchev–Trinajstić information content (AvgIpc) is 2.85. The zero-order chi connectivity index (χ0) is 13.3. The van der Waals surface area contributed by atoms with E-state index < -0.39 is 0 Å². The van der Waals surface area contributed by atoms with Gasteiger partial charge in [0.1, 0.15) is 0 Å². The van der Waals surface area contributed by atoms with Gasteiger partial charge in [-0.1, -0.05) is 86.9 Å². The molecule has 0 saturated heterocycles. The molecule has 1 aliphatic rings. The number of halogens is 1. The first-order chi connectivity index (χ1) is 8.75. The topological polar surface area (TPSA) is 0 Å². The lowest BCUT2D eigenvalue weighted by Gasteiger charge is -2.34. The average molecular weight is 315 g/mol. The van der Waals surface area contributed by atoms with Crippen LogP contribution in [-0.2, 0) is 0 Å². The van der Waals surface area contributed by atoms with Crippen LogP contribution in [0.2, 0.25) is 0 Å². The first-order valence-electron chi connectivity index (χ1n) is 8.04. The molecule has 0 aromatic heterocycles. The fourth-order valence-corrected chi connectivity index (χ4v) is 4.05. The van der Waals surface area contributed by atoms with Gasteiger partial charge in [-0.3, -0.25) is 0 Å². The third-order valence-electron chi connectivity index (χ3n) is 4.47. The summed E-state index contributed by atoms with van der Waals surface area (Å²) in [5.41, 5.74) is 0.557. The van der Waals surface area contributed by atoms with Gasteiger partial charge in [-0.25, -0.2) is 0 Å². The molecule has 18 heavy (non-hydrogen) atoms. The molecule has 106 valence electrons. The molecule has 1 unspecified atom stereocenters. The summed E-state index contributed by atoms with van der Waals surface area (Å²) in [7, 11) is 0. The van der Waals surface area contributed by atoms with Crippen molar-refractivity contribution in [2.24, 2.45) is 5.41 Å². The number of unbranched alkanes of at least 4 members (excludes halogenated alkanes) is 5. The summed E-state index contributed by atoms with van der Waals surface area (Å²) in [6, 6.07) is 0. The molecular formula is C17H31Br. The van der Waals surface area contributed by atoms with Crippen molar-refractivity contribution in [1.82, 2.24) is 0 Å². The Bertz CT molecular complexity index is 224. The number of rotatable bonds is 10. The van der Waals surface area contributed by atoms with Crippen LogP contribution in [0, 0.1) is 5.41 Å². The molecule has 0 fully saturated rings. The molecule has 0 radical (unpaired) electrons. The van der Waals surface area contributed by atoms with Crippen molar-refractivity contribution in [1.29, 1.82) is 0 Å². The molecule has 0 saturated carbocycles. The van der Waals surface area contributed by atoms with E-state index in [0.717, 1.165) is 4.83 Å². The molecule has 1 aliphatic carbocycles. The van der Waals surface area contributed by atoms with Crippen molar-refractivity contribution < 1.29 is 0 Å². The first-order valence-corrected chi connectivity index (χ1v) is 8.96. The van der Waals surface area contributed by atoms with Gasteiger partial charge in [0.2, 0.25) is 0 Å². The maximum atomic E-state index is 4.02. The van der Waals surface area contributed by atoms with E-state index in [0.29, 0.717) is 5.41 Å². The summed E-state index contributed by atoms with van der Waals surface area (Å²) in [6.45, 7) is 4.59. The standard InChI is InChI=1S/C17H31Br/c1-3-5-7-9-13-17(14-10-11-15-17)16(18)12-8-6-4-2/h10-11,16H,3-9,12-15H2,1-2H3. The third kappa shape index (κ3) is 5.07. The Kier molecular flexibility index (Phi) is 8.30. The van der Waals surface area contributed by atoms with Crippen LogP contribution in [0.25, 0.3) is 0 Å². The minimum atomic E-state index is 0.557. The van der Waals surface area contributed by atoms with Crippen LogP contribution in [0.4, 0.5) is 0 Å². The molecule has 0 amide bonds. The Balaban J connectivity index is 2.36. The Morgan fingerprint density at radius 1 is 0.944 bits per heavy atom. The van der Waals surface area contributed by atoms with Gasteiger partial charge >= 0.3 is 0 Å². The quantitative estimate of drug-likeness (QED) is 0.241. The van der Waals surface area contributed by atoms with Gasteiger partial charge in [-0.15, -0.1) is 0 Å². The van der Waals surface area contributed by atoms with E-state index in [-0.39, 0.29) is 0 Å². The molecule has 0 heterocycles. The summed E-state index contributed by atoms with van der Waals surface area (Å²) in [5, 5.41) is 0. The number of allylic oxidation sites excluding steroid dienone is 2. The van der Waals surface area contributed by atoms with Gasteiger partial charge in [-0.2, -0.15) is 0 Å². The highest BCUT2D eigenvalue weighted by Crippen LogP contribution is 2.46.